The largest absolute Gasteiger partial charge is 0.357 e. The third kappa shape index (κ3) is 1.11. The van der Waals surface area contributed by atoms with Crippen LogP contribution in [0.25, 0.3) is 0 Å². The standard InChI is InChI=1S/C6H4Cl2N2/c7-5-2-1-3-10-6(5,8)4-9/h1-3,10H. The van der Waals surface area contributed by atoms with Crippen LogP contribution in [-0.2, 0) is 0 Å². The zero-order valence-corrected chi connectivity index (χ0v) is 6.45. The molecule has 0 aromatic rings. The second kappa shape index (κ2) is 2.53. The van der Waals surface area contributed by atoms with E-state index in [0.29, 0.717) is 5.03 Å². The van der Waals surface area contributed by atoms with Crippen molar-refractivity contribution in [2.45, 2.75) is 5.00 Å². The molecule has 0 amide bonds. The van der Waals surface area contributed by atoms with Crippen LogP contribution in [0.2, 0.25) is 0 Å². The van der Waals surface area contributed by atoms with Crippen LogP contribution in [0.1, 0.15) is 0 Å². The zero-order chi connectivity index (χ0) is 7.61. The maximum atomic E-state index is 8.52. The summed E-state index contributed by atoms with van der Waals surface area (Å²) in [5.74, 6) is 0. The van der Waals surface area contributed by atoms with Gasteiger partial charge in [0.2, 0.25) is 5.00 Å². The lowest BCUT2D eigenvalue weighted by Crippen LogP contribution is -2.36. The van der Waals surface area contributed by atoms with Gasteiger partial charge in [-0.3, -0.25) is 0 Å². The van der Waals surface area contributed by atoms with Crippen LogP contribution < -0.4 is 5.32 Å². The average Bonchev–Trinajstić information content (AvgIpc) is 1.96. The van der Waals surface area contributed by atoms with Crippen molar-refractivity contribution in [3.05, 3.63) is 23.4 Å². The smallest absolute Gasteiger partial charge is 0.236 e. The molecule has 0 aromatic carbocycles. The maximum Gasteiger partial charge on any atom is 0.236 e. The van der Waals surface area contributed by atoms with Gasteiger partial charge in [-0.2, -0.15) is 5.26 Å². The van der Waals surface area contributed by atoms with Gasteiger partial charge in [0.05, 0.1) is 5.03 Å². The molecule has 0 fully saturated rings. The van der Waals surface area contributed by atoms with E-state index < -0.39 is 5.00 Å². The fraction of sp³-hybridized carbons (Fsp3) is 0.167. The van der Waals surface area contributed by atoms with Gasteiger partial charge in [0.25, 0.3) is 0 Å². The minimum Gasteiger partial charge on any atom is -0.357 e. The summed E-state index contributed by atoms with van der Waals surface area (Å²) in [6, 6.07) is 1.83. The van der Waals surface area contributed by atoms with E-state index in [-0.39, 0.29) is 0 Å². The Morgan fingerprint density at radius 2 is 2.40 bits per heavy atom. The Hall–Kier alpha value is -0.650. The van der Waals surface area contributed by atoms with E-state index in [1.54, 1.807) is 18.4 Å². The molecular formula is C6H4Cl2N2. The summed E-state index contributed by atoms with van der Waals surface area (Å²) in [5, 5.41) is 11.4. The number of hydrogen-bond donors (Lipinski definition) is 1. The highest BCUT2D eigenvalue weighted by Crippen LogP contribution is 2.26. The van der Waals surface area contributed by atoms with Crippen molar-refractivity contribution >= 4 is 23.2 Å². The lowest BCUT2D eigenvalue weighted by molar-refractivity contribution is 0.754. The summed E-state index contributed by atoms with van der Waals surface area (Å²) in [7, 11) is 0. The monoisotopic (exact) mass is 174 g/mol. The molecule has 0 radical (unpaired) electrons. The quantitative estimate of drug-likeness (QED) is 0.449. The number of dihydropyridines is 1. The molecule has 0 saturated heterocycles. The molecule has 1 rings (SSSR count). The first-order chi connectivity index (χ1) is 4.69. The number of allylic oxidation sites excluding steroid dienone is 2. The highest BCUT2D eigenvalue weighted by atomic mass is 35.5. The van der Waals surface area contributed by atoms with Crippen molar-refractivity contribution in [3.63, 3.8) is 0 Å². The van der Waals surface area contributed by atoms with Gasteiger partial charge in [-0.1, -0.05) is 23.2 Å². The van der Waals surface area contributed by atoms with Crippen molar-refractivity contribution < 1.29 is 0 Å². The van der Waals surface area contributed by atoms with Crippen LogP contribution in [0.15, 0.2) is 23.4 Å². The third-order valence-corrected chi connectivity index (χ3v) is 2.01. The molecule has 4 heteroatoms. The Morgan fingerprint density at radius 1 is 1.70 bits per heavy atom. The van der Waals surface area contributed by atoms with Gasteiger partial charge >= 0.3 is 0 Å². The van der Waals surface area contributed by atoms with Crippen LogP contribution in [0, 0.1) is 11.3 Å². The summed E-state index contributed by atoms with van der Waals surface area (Å²) < 4.78 is 0. The lowest BCUT2D eigenvalue weighted by atomic mass is 10.2. The molecule has 1 N–H and O–H groups in total. The SMILES string of the molecule is N#CC1(Cl)NC=CC=C1Cl. The maximum absolute atomic E-state index is 8.52. The summed E-state index contributed by atoms with van der Waals surface area (Å²) in [6.07, 6.45) is 4.83. The number of nitriles is 1. The predicted molar refractivity (Wildman–Crippen MR) is 40.4 cm³/mol. The van der Waals surface area contributed by atoms with E-state index in [9.17, 15) is 0 Å². The molecule has 0 aliphatic carbocycles. The molecule has 1 aliphatic heterocycles. The molecule has 52 valence electrons. The van der Waals surface area contributed by atoms with Crippen molar-refractivity contribution in [3.8, 4) is 6.07 Å². The van der Waals surface area contributed by atoms with E-state index in [1.165, 1.54) is 0 Å². The van der Waals surface area contributed by atoms with E-state index in [1.807, 2.05) is 6.07 Å². The predicted octanol–water partition coefficient (Wildman–Crippen LogP) is 1.68. The second-order valence-electron chi connectivity index (χ2n) is 1.79. The summed E-state index contributed by atoms with van der Waals surface area (Å²) >= 11 is 11.3. The van der Waals surface area contributed by atoms with Crippen LogP contribution in [0.3, 0.4) is 0 Å². The van der Waals surface area contributed by atoms with Crippen LogP contribution >= 0.6 is 23.2 Å². The number of alkyl halides is 1. The normalized spacial score (nSPS) is 30.3. The van der Waals surface area contributed by atoms with E-state index in [2.05, 4.69) is 5.32 Å². The van der Waals surface area contributed by atoms with Crippen LogP contribution in [-0.4, -0.2) is 5.00 Å². The van der Waals surface area contributed by atoms with Crippen molar-refractivity contribution in [1.82, 2.24) is 5.32 Å². The van der Waals surface area contributed by atoms with Gasteiger partial charge in [-0.15, -0.1) is 0 Å². The minimum absolute atomic E-state index is 0.291. The molecule has 0 bridgehead atoms. The molecule has 0 aromatic heterocycles. The van der Waals surface area contributed by atoms with Gasteiger partial charge in [-0.05, 0) is 18.4 Å². The van der Waals surface area contributed by atoms with Gasteiger partial charge < -0.3 is 5.32 Å². The van der Waals surface area contributed by atoms with Crippen LogP contribution in [0.4, 0.5) is 0 Å². The Balaban J connectivity index is 2.95. The number of halogens is 2. The molecule has 1 aliphatic rings. The minimum atomic E-state index is -1.25. The first kappa shape index (κ1) is 7.46. The molecule has 2 nitrogen and oxygen atoms in total. The summed E-state index contributed by atoms with van der Waals surface area (Å²) in [6.45, 7) is 0. The molecule has 0 saturated carbocycles. The number of hydrogen-bond acceptors (Lipinski definition) is 2. The molecule has 1 heterocycles. The highest BCUT2D eigenvalue weighted by Gasteiger charge is 2.30. The van der Waals surface area contributed by atoms with Gasteiger partial charge in [0, 0.05) is 0 Å². The van der Waals surface area contributed by atoms with Crippen molar-refractivity contribution in [2.75, 3.05) is 0 Å². The third-order valence-electron chi connectivity index (χ3n) is 1.10. The van der Waals surface area contributed by atoms with E-state index >= 15 is 0 Å². The molecule has 1 unspecified atom stereocenters. The fourth-order valence-corrected chi connectivity index (χ4v) is 0.861. The Morgan fingerprint density at radius 3 is 2.80 bits per heavy atom. The van der Waals surface area contributed by atoms with Crippen molar-refractivity contribution in [1.29, 1.82) is 5.26 Å². The van der Waals surface area contributed by atoms with Gasteiger partial charge in [-0.25, -0.2) is 0 Å². The van der Waals surface area contributed by atoms with Crippen LogP contribution in [0.5, 0.6) is 0 Å². The Kier molecular flexibility index (Phi) is 1.89. The first-order valence-corrected chi connectivity index (χ1v) is 3.35. The average molecular weight is 175 g/mol. The van der Waals surface area contributed by atoms with E-state index in [0.717, 1.165) is 0 Å². The number of rotatable bonds is 0. The molecule has 1 atom stereocenters. The number of nitrogens with zero attached hydrogens (tertiary/aromatic N) is 1. The zero-order valence-electron chi connectivity index (χ0n) is 4.94. The molecule has 10 heavy (non-hydrogen) atoms. The Bertz CT molecular complexity index is 239. The van der Waals surface area contributed by atoms with Crippen molar-refractivity contribution in [2.24, 2.45) is 0 Å². The lowest BCUT2D eigenvalue weighted by Gasteiger charge is -2.20. The van der Waals surface area contributed by atoms with Gasteiger partial charge in [0.15, 0.2) is 0 Å². The number of nitrogens with one attached hydrogen (secondary N) is 1. The topological polar surface area (TPSA) is 35.8 Å². The highest BCUT2D eigenvalue weighted by molar-refractivity contribution is 6.40. The van der Waals surface area contributed by atoms with Gasteiger partial charge in [0.1, 0.15) is 6.07 Å². The molecular weight excluding hydrogens is 171 g/mol. The van der Waals surface area contributed by atoms with E-state index in [4.69, 9.17) is 28.5 Å². The summed E-state index contributed by atoms with van der Waals surface area (Å²) in [4.78, 5) is -1.25. The summed E-state index contributed by atoms with van der Waals surface area (Å²) in [5.41, 5.74) is 0. The first-order valence-electron chi connectivity index (χ1n) is 2.60. The Labute approximate surface area is 68.7 Å². The molecule has 0 spiro atoms. The fourth-order valence-electron chi connectivity index (χ4n) is 0.565. The second-order valence-corrected chi connectivity index (χ2v) is 2.76.